The Morgan fingerprint density at radius 3 is 2.67 bits per heavy atom. The molecule has 1 aromatic rings. The van der Waals surface area contributed by atoms with Crippen molar-refractivity contribution < 1.29 is 4.79 Å². The highest BCUT2D eigenvalue weighted by atomic mass is 79.9. The molecule has 82 valence electrons. The molecule has 0 aliphatic heterocycles. The number of ketones is 1. The van der Waals surface area contributed by atoms with Crippen molar-refractivity contribution in [2.75, 3.05) is 6.26 Å². The fraction of sp³-hybridized carbons (Fsp3) is 0.364. The van der Waals surface area contributed by atoms with Gasteiger partial charge in [0.1, 0.15) is 5.78 Å². The maximum atomic E-state index is 11.3. The minimum absolute atomic E-state index is 0.105. The van der Waals surface area contributed by atoms with Crippen molar-refractivity contribution in [2.45, 2.75) is 22.5 Å². The van der Waals surface area contributed by atoms with Gasteiger partial charge < -0.3 is 0 Å². The first-order valence-corrected chi connectivity index (χ1v) is 7.14. The van der Waals surface area contributed by atoms with Gasteiger partial charge in [-0.1, -0.05) is 22.0 Å². The Hall–Kier alpha value is 0.01000. The van der Waals surface area contributed by atoms with E-state index in [0.29, 0.717) is 5.88 Å². The van der Waals surface area contributed by atoms with Crippen molar-refractivity contribution in [1.29, 1.82) is 0 Å². The molecule has 1 nitrogen and oxygen atoms in total. The Bertz CT molecular complexity index is 345. The largest absolute Gasteiger partial charge is 0.298 e. The Kier molecular flexibility index (Phi) is 5.16. The van der Waals surface area contributed by atoms with E-state index in [1.165, 1.54) is 0 Å². The molecule has 0 aliphatic carbocycles. The van der Waals surface area contributed by atoms with Crippen LogP contribution >= 0.6 is 39.3 Å². The summed E-state index contributed by atoms with van der Waals surface area (Å²) in [5, 5.41) is 0. The van der Waals surface area contributed by atoms with Gasteiger partial charge in [-0.15, -0.1) is 23.4 Å². The van der Waals surface area contributed by atoms with Crippen molar-refractivity contribution in [3.8, 4) is 0 Å². The molecule has 0 spiro atoms. The monoisotopic (exact) mass is 306 g/mol. The second-order valence-electron chi connectivity index (χ2n) is 3.22. The highest BCUT2D eigenvalue weighted by Crippen LogP contribution is 2.29. The molecule has 15 heavy (non-hydrogen) atoms. The first-order valence-electron chi connectivity index (χ1n) is 4.46. The maximum Gasteiger partial charge on any atom is 0.147 e. The van der Waals surface area contributed by atoms with Gasteiger partial charge in [0.2, 0.25) is 0 Å². The quantitative estimate of drug-likeness (QED) is 0.613. The Labute approximate surface area is 108 Å². The Morgan fingerprint density at radius 2 is 2.20 bits per heavy atom. The summed E-state index contributed by atoms with van der Waals surface area (Å²) in [4.78, 5) is 12.2. The number of carbonyl (C=O) groups excluding carboxylic acids is 1. The minimum atomic E-state index is -0.230. The molecule has 1 unspecified atom stereocenters. The zero-order chi connectivity index (χ0) is 11.4. The van der Waals surface area contributed by atoms with E-state index in [1.807, 2.05) is 24.5 Å². The molecule has 0 fully saturated rings. The summed E-state index contributed by atoms with van der Waals surface area (Å²) < 4.78 is 0. The molecule has 0 N–H and O–H groups in total. The van der Waals surface area contributed by atoms with Crippen molar-refractivity contribution in [3.05, 3.63) is 29.3 Å². The van der Waals surface area contributed by atoms with E-state index in [4.69, 9.17) is 11.6 Å². The predicted molar refractivity (Wildman–Crippen MR) is 70.1 cm³/mol. The number of hydrogen-bond donors (Lipinski definition) is 0. The summed E-state index contributed by atoms with van der Waals surface area (Å²) in [5.74, 6) is 0.577. The third-order valence-corrected chi connectivity index (χ3v) is 4.22. The first-order chi connectivity index (χ1) is 7.08. The number of alkyl halides is 2. The van der Waals surface area contributed by atoms with Crippen LogP contribution in [0.4, 0.5) is 0 Å². The summed E-state index contributed by atoms with van der Waals surface area (Å²) in [7, 11) is 0. The molecule has 0 saturated carbocycles. The molecule has 0 aromatic heterocycles. The SMILES string of the molecule is CSc1cc(CCl)cc(C(Br)C(C)=O)c1. The van der Waals surface area contributed by atoms with Crippen LogP contribution in [-0.4, -0.2) is 12.0 Å². The van der Waals surface area contributed by atoms with Crippen molar-refractivity contribution in [2.24, 2.45) is 0 Å². The van der Waals surface area contributed by atoms with Crippen molar-refractivity contribution in [3.63, 3.8) is 0 Å². The molecule has 0 bridgehead atoms. The zero-order valence-electron chi connectivity index (χ0n) is 8.59. The number of halogens is 2. The molecule has 1 rings (SSSR count). The highest BCUT2D eigenvalue weighted by molar-refractivity contribution is 9.09. The minimum Gasteiger partial charge on any atom is -0.298 e. The van der Waals surface area contributed by atoms with Gasteiger partial charge >= 0.3 is 0 Å². The zero-order valence-corrected chi connectivity index (χ0v) is 11.7. The lowest BCUT2D eigenvalue weighted by molar-refractivity contribution is -0.116. The van der Waals surface area contributed by atoms with Crippen LogP contribution in [0.1, 0.15) is 22.9 Å². The normalized spacial score (nSPS) is 12.5. The standard InChI is InChI=1S/C11H12BrClOS/c1-7(14)11(12)9-3-8(6-13)4-10(5-9)15-2/h3-5,11H,6H2,1-2H3. The van der Waals surface area contributed by atoms with Crippen LogP contribution in [0.15, 0.2) is 23.1 Å². The number of rotatable bonds is 4. The molecule has 0 saturated heterocycles. The van der Waals surface area contributed by atoms with Gasteiger partial charge in [-0.05, 0) is 36.4 Å². The van der Waals surface area contributed by atoms with E-state index < -0.39 is 0 Å². The van der Waals surface area contributed by atoms with Crippen molar-refractivity contribution >= 4 is 45.1 Å². The average Bonchev–Trinajstić information content (AvgIpc) is 2.27. The van der Waals surface area contributed by atoms with Crippen LogP contribution in [0.5, 0.6) is 0 Å². The average molecular weight is 308 g/mol. The smallest absolute Gasteiger partial charge is 0.147 e. The lowest BCUT2D eigenvalue weighted by atomic mass is 10.1. The maximum absolute atomic E-state index is 11.3. The second kappa shape index (κ2) is 5.92. The van der Waals surface area contributed by atoms with Crippen molar-refractivity contribution in [1.82, 2.24) is 0 Å². The molecule has 0 amide bonds. The fourth-order valence-electron chi connectivity index (χ4n) is 1.26. The molecule has 0 heterocycles. The molecule has 0 radical (unpaired) electrons. The first kappa shape index (κ1) is 13.1. The van der Waals surface area contributed by atoms with Gasteiger partial charge in [-0.2, -0.15) is 0 Å². The Balaban J connectivity index is 3.11. The van der Waals surface area contributed by atoms with E-state index in [-0.39, 0.29) is 10.6 Å². The van der Waals surface area contributed by atoms with Crippen LogP contribution in [0.2, 0.25) is 0 Å². The lowest BCUT2D eigenvalue weighted by Gasteiger charge is -2.10. The molecule has 1 atom stereocenters. The van der Waals surface area contributed by atoms with Crippen LogP contribution in [-0.2, 0) is 10.7 Å². The Morgan fingerprint density at radius 1 is 1.53 bits per heavy atom. The summed E-state index contributed by atoms with van der Waals surface area (Å²) in [6, 6.07) is 6.02. The third kappa shape index (κ3) is 3.51. The topological polar surface area (TPSA) is 17.1 Å². The highest BCUT2D eigenvalue weighted by Gasteiger charge is 2.13. The summed E-state index contributed by atoms with van der Waals surface area (Å²) in [5.41, 5.74) is 2.02. The summed E-state index contributed by atoms with van der Waals surface area (Å²) >= 11 is 10.8. The molecular weight excluding hydrogens is 296 g/mol. The van der Waals surface area contributed by atoms with E-state index in [2.05, 4.69) is 15.9 Å². The molecule has 1 aromatic carbocycles. The number of hydrogen-bond acceptors (Lipinski definition) is 2. The number of Topliss-reactive ketones (excluding diaryl/α,β-unsaturated/α-hetero) is 1. The number of benzene rings is 1. The van der Waals surface area contributed by atoms with Crippen LogP contribution < -0.4 is 0 Å². The van der Waals surface area contributed by atoms with E-state index >= 15 is 0 Å². The van der Waals surface area contributed by atoms with Gasteiger partial charge in [0.25, 0.3) is 0 Å². The van der Waals surface area contributed by atoms with E-state index in [1.54, 1.807) is 18.7 Å². The van der Waals surface area contributed by atoms with E-state index in [9.17, 15) is 4.79 Å². The second-order valence-corrected chi connectivity index (χ2v) is 5.28. The van der Waals surface area contributed by atoms with Gasteiger partial charge in [-0.25, -0.2) is 0 Å². The third-order valence-electron chi connectivity index (χ3n) is 2.03. The number of carbonyl (C=O) groups is 1. The predicted octanol–water partition coefficient (Wildman–Crippen LogP) is 4.17. The van der Waals surface area contributed by atoms with Crippen LogP contribution in [0.3, 0.4) is 0 Å². The molecular formula is C11H12BrClOS. The van der Waals surface area contributed by atoms with Gasteiger partial charge in [0, 0.05) is 10.8 Å². The summed E-state index contributed by atoms with van der Waals surface area (Å²) in [6.07, 6.45) is 2.01. The molecule has 4 heteroatoms. The van der Waals surface area contributed by atoms with Gasteiger partial charge in [0.15, 0.2) is 0 Å². The summed E-state index contributed by atoms with van der Waals surface area (Å²) in [6.45, 7) is 1.57. The lowest BCUT2D eigenvalue weighted by Crippen LogP contribution is -2.01. The number of thioether (sulfide) groups is 1. The fourth-order valence-corrected chi connectivity index (χ4v) is 2.20. The van der Waals surface area contributed by atoms with Gasteiger partial charge in [-0.3, -0.25) is 4.79 Å². The van der Waals surface area contributed by atoms with E-state index in [0.717, 1.165) is 16.0 Å². The van der Waals surface area contributed by atoms with Crippen LogP contribution in [0.25, 0.3) is 0 Å². The van der Waals surface area contributed by atoms with Gasteiger partial charge in [0.05, 0.1) is 4.83 Å². The van der Waals surface area contributed by atoms with Crippen LogP contribution in [0, 0.1) is 0 Å². The molecule has 0 aliphatic rings.